The van der Waals surface area contributed by atoms with Crippen LogP contribution < -0.4 is 0 Å². The van der Waals surface area contributed by atoms with Crippen molar-refractivity contribution in [2.24, 2.45) is 0 Å². The molecule has 16 heavy (non-hydrogen) atoms. The quantitative estimate of drug-likeness (QED) is 0.882. The lowest BCUT2D eigenvalue weighted by molar-refractivity contribution is -0.183. The van der Waals surface area contributed by atoms with Gasteiger partial charge in [-0.05, 0) is 36.8 Å². The molecule has 0 radical (unpaired) electrons. The fourth-order valence-corrected chi connectivity index (χ4v) is 2.80. The molecule has 0 amide bonds. The Hall–Kier alpha value is -0.420. The lowest BCUT2D eigenvalue weighted by Gasteiger charge is -2.24. The van der Waals surface area contributed by atoms with E-state index in [9.17, 15) is 5.11 Å². The summed E-state index contributed by atoms with van der Waals surface area (Å²) in [7, 11) is 0. The molecule has 0 aliphatic carbocycles. The van der Waals surface area contributed by atoms with Crippen LogP contribution in [0.2, 0.25) is 0 Å². The maximum Gasteiger partial charge on any atom is 0.157 e. The molecule has 0 aromatic carbocycles. The molecule has 1 aliphatic heterocycles. The molecular weight excluding hydrogens is 224 g/mol. The number of hydrogen-bond donors (Lipinski definition) is 1. The van der Waals surface area contributed by atoms with E-state index in [4.69, 9.17) is 9.47 Å². The van der Waals surface area contributed by atoms with Gasteiger partial charge in [-0.2, -0.15) is 0 Å². The summed E-state index contributed by atoms with van der Waals surface area (Å²) < 4.78 is 10.9. The summed E-state index contributed by atoms with van der Waals surface area (Å²) in [6, 6.07) is 2.04. The van der Waals surface area contributed by atoms with Gasteiger partial charge in [-0.3, -0.25) is 0 Å². The third-order valence-electron chi connectivity index (χ3n) is 2.78. The number of aliphatic hydroxyl groups is 1. The molecule has 2 heterocycles. The molecule has 1 fully saturated rings. The smallest absolute Gasteiger partial charge is 0.157 e. The van der Waals surface area contributed by atoms with Crippen LogP contribution in [0, 0.1) is 6.92 Å². The first-order valence-corrected chi connectivity index (χ1v) is 6.60. The van der Waals surface area contributed by atoms with Gasteiger partial charge >= 0.3 is 0 Å². The first kappa shape index (κ1) is 12.0. The highest BCUT2D eigenvalue weighted by atomic mass is 32.1. The van der Waals surface area contributed by atoms with Gasteiger partial charge in [0.05, 0.1) is 19.3 Å². The average molecular weight is 242 g/mol. The van der Waals surface area contributed by atoms with E-state index < -0.39 is 0 Å². The van der Waals surface area contributed by atoms with Crippen LogP contribution in [0.4, 0.5) is 0 Å². The minimum absolute atomic E-state index is 0.122. The number of aryl methyl sites for hydroxylation is 1. The number of aliphatic hydroxyl groups excluding tert-OH is 1. The topological polar surface area (TPSA) is 38.7 Å². The van der Waals surface area contributed by atoms with Crippen LogP contribution >= 0.6 is 11.3 Å². The summed E-state index contributed by atoms with van der Waals surface area (Å²) in [6.07, 6.45) is 1.94. The van der Waals surface area contributed by atoms with E-state index >= 15 is 0 Å². The molecule has 90 valence electrons. The third kappa shape index (κ3) is 3.04. The van der Waals surface area contributed by atoms with Crippen molar-refractivity contribution in [3.63, 3.8) is 0 Å². The summed E-state index contributed by atoms with van der Waals surface area (Å²) in [5.41, 5.74) is 1.17. The Morgan fingerprint density at radius 1 is 1.50 bits per heavy atom. The van der Waals surface area contributed by atoms with Crippen LogP contribution in [-0.4, -0.2) is 24.6 Å². The molecule has 4 heteroatoms. The maximum atomic E-state index is 10.0. The van der Waals surface area contributed by atoms with Crippen molar-refractivity contribution in [3.05, 3.63) is 21.9 Å². The first-order chi connectivity index (χ1) is 7.77. The fraction of sp³-hybridized carbons (Fsp3) is 0.667. The molecule has 0 spiro atoms. The molecular formula is C12H18O3S. The van der Waals surface area contributed by atoms with Crippen LogP contribution in [0.25, 0.3) is 0 Å². The van der Waals surface area contributed by atoms with Gasteiger partial charge in [0.2, 0.25) is 0 Å². The van der Waals surface area contributed by atoms with E-state index in [0.717, 1.165) is 30.9 Å². The Bertz CT molecular complexity index is 318. The zero-order chi connectivity index (χ0) is 11.4. The minimum Gasteiger partial charge on any atom is -0.388 e. The predicted octanol–water partition coefficient (Wildman–Crippen LogP) is 2.63. The van der Waals surface area contributed by atoms with Crippen molar-refractivity contribution >= 4 is 11.3 Å². The normalized spacial score (nSPS) is 19.9. The largest absolute Gasteiger partial charge is 0.388 e. The molecule has 1 atom stereocenters. The molecule has 1 aromatic rings. The fourth-order valence-electron chi connectivity index (χ4n) is 1.85. The predicted molar refractivity (Wildman–Crippen MR) is 63.6 cm³/mol. The highest BCUT2D eigenvalue weighted by Crippen LogP contribution is 2.28. The van der Waals surface area contributed by atoms with Gasteiger partial charge in [0.15, 0.2) is 6.29 Å². The van der Waals surface area contributed by atoms with E-state index in [-0.39, 0.29) is 12.4 Å². The highest BCUT2D eigenvalue weighted by Gasteiger charge is 2.18. The molecule has 1 aliphatic rings. The second-order valence-corrected chi connectivity index (χ2v) is 5.03. The number of hydrogen-bond acceptors (Lipinski definition) is 4. The Morgan fingerprint density at radius 2 is 2.25 bits per heavy atom. The van der Waals surface area contributed by atoms with Crippen LogP contribution in [0.3, 0.4) is 0 Å². The molecule has 0 bridgehead atoms. The van der Waals surface area contributed by atoms with E-state index in [2.05, 4.69) is 0 Å². The third-order valence-corrected chi connectivity index (χ3v) is 3.90. The first-order valence-electron chi connectivity index (χ1n) is 5.72. The number of rotatable bonds is 4. The van der Waals surface area contributed by atoms with Crippen molar-refractivity contribution in [2.75, 3.05) is 13.2 Å². The maximum absolute atomic E-state index is 10.0. The Morgan fingerprint density at radius 3 is 2.88 bits per heavy atom. The SMILES string of the molecule is Cc1ccsc1C(O)CCC1OCCCO1. The number of ether oxygens (including phenoxy) is 2. The monoisotopic (exact) mass is 242 g/mol. The molecule has 1 saturated heterocycles. The van der Waals surface area contributed by atoms with Crippen molar-refractivity contribution < 1.29 is 14.6 Å². The zero-order valence-corrected chi connectivity index (χ0v) is 10.3. The Labute approximate surface area is 100 Å². The van der Waals surface area contributed by atoms with Gasteiger partial charge in [-0.1, -0.05) is 0 Å². The van der Waals surface area contributed by atoms with Gasteiger partial charge < -0.3 is 14.6 Å². The summed E-state index contributed by atoms with van der Waals surface area (Å²) in [5, 5.41) is 12.0. The molecule has 0 saturated carbocycles. The van der Waals surface area contributed by atoms with Gasteiger partial charge in [0, 0.05) is 11.3 Å². The second-order valence-electron chi connectivity index (χ2n) is 4.09. The summed E-state index contributed by atoms with van der Waals surface area (Å²) in [4.78, 5) is 1.07. The molecule has 1 unspecified atom stereocenters. The molecule has 1 aromatic heterocycles. The van der Waals surface area contributed by atoms with Crippen LogP contribution in [0.1, 0.15) is 35.8 Å². The van der Waals surface area contributed by atoms with Crippen LogP contribution in [0.15, 0.2) is 11.4 Å². The van der Waals surface area contributed by atoms with E-state index in [1.165, 1.54) is 5.56 Å². The standard InChI is InChI=1S/C12H18O3S/c1-9-5-8-16-12(9)10(13)3-4-11-14-6-2-7-15-11/h5,8,10-11,13H,2-4,6-7H2,1H3. The van der Waals surface area contributed by atoms with Crippen molar-refractivity contribution in [2.45, 2.75) is 38.6 Å². The molecule has 2 rings (SSSR count). The van der Waals surface area contributed by atoms with Gasteiger partial charge in [-0.15, -0.1) is 11.3 Å². The lowest BCUT2D eigenvalue weighted by atomic mass is 10.1. The van der Waals surface area contributed by atoms with Crippen molar-refractivity contribution in [1.82, 2.24) is 0 Å². The highest BCUT2D eigenvalue weighted by molar-refractivity contribution is 7.10. The summed E-state index contributed by atoms with van der Waals surface area (Å²) in [5.74, 6) is 0. The molecule has 1 N–H and O–H groups in total. The van der Waals surface area contributed by atoms with Crippen LogP contribution in [-0.2, 0) is 9.47 Å². The van der Waals surface area contributed by atoms with E-state index in [1.54, 1.807) is 11.3 Å². The number of thiophene rings is 1. The van der Waals surface area contributed by atoms with E-state index in [1.807, 2.05) is 18.4 Å². The average Bonchev–Trinajstić information content (AvgIpc) is 2.74. The second kappa shape index (κ2) is 5.77. The van der Waals surface area contributed by atoms with Crippen LogP contribution in [0.5, 0.6) is 0 Å². The zero-order valence-electron chi connectivity index (χ0n) is 9.52. The van der Waals surface area contributed by atoms with Crippen molar-refractivity contribution in [1.29, 1.82) is 0 Å². The Balaban J connectivity index is 1.79. The van der Waals surface area contributed by atoms with E-state index in [0.29, 0.717) is 6.42 Å². The van der Waals surface area contributed by atoms with Gasteiger partial charge in [-0.25, -0.2) is 0 Å². The lowest BCUT2D eigenvalue weighted by Crippen LogP contribution is -2.25. The van der Waals surface area contributed by atoms with Gasteiger partial charge in [0.25, 0.3) is 0 Å². The summed E-state index contributed by atoms with van der Waals surface area (Å²) in [6.45, 7) is 3.58. The molecule has 3 nitrogen and oxygen atoms in total. The van der Waals surface area contributed by atoms with Gasteiger partial charge in [0.1, 0.15) is 0 Å². The Kier molecular flexibility index (Phi) is 4.35. The summed E-state index contributed by atoms with van der Waals surface area (Å²) >= 11 is 1.61. The minimum atomic E-state index is -0.380. The van der Waals surface area contributed by atoms with Crippen molar-refractivity contribution in [3.8, 4) is 0 Å².